The first-order chi connectivity index (χ1) is 17.0. The average molecular weight is 540 g/mol. The normalized spacial score (nSPS) is 27.3. The number of carbonyl (C=O) groups is 1. The van der Waals surface area contributed by atoms with Gasteiger partial charge in [0.25, 0.3) is 5.91 Å². The molecule has 2 heterocycles. The van der Waals surface area contributed by atoms with Gasteiger partial charge in [0.15, 0.2) is 17.2 Å². The lowest BCUT2D eigenvalue weighted by Crippen LogP contribution is -2.55. The highest BCUT2D eigenvalue weighted by Gasteiger charge is 2.55. The average Bonchev–Trinajstić information content (AvgIpc) is 3.32. The first-order valence-corrected chi connectivity index (χ1v) is 13.8. The number of nitrogens with one attached hydrogen (secondary N) is 2. The summed E-state index contributed by atoms with van der Waals surface area (Å²) in [5.74, 6) is -3.36. The summed E-state index contributed by atoms with van der Waals surface area (Å²) in [5.41, 5.74) is 1.64. The number of rotatable bonds is 7. The van der Waals surface area contributed by atoms with Crippen LogP contribution < -0.4 is 10.0 Å². The number of halogens is 3. The van der Waals surface area contributed by atoms with Crippen molar-refractivity contribution in [2.45, 2.75) is 56.4 Å². The molecule has 3 saturated carbocycles. The van der Waals surface area contributed by atoms with Crippen molar-refractivity contribution in [2.24, 2.45) is 11.3 Å². The number of benzene rings is 1. The van der Waals surface area contributed by atoms with Crippen molar-refractivity contribution >= 4 is 44.5 Å². The maximum atomic E-state index is 13.0. The molecule has 1 spiro atoms. The summed E-state index contributed by atoms with van der Waals surface area (Å²) >= 11 is 6.02. The van der Waals surface area contributed by atoms with Gasteiger partial charge in [0.05, 0.1) is 5.75 Å². The second kappa shape index (κ2) is 8.17. The van der Waals surface area contributed by atoms with E-state index < -0.39 is 46.4 Å². The van der Waals surface area contributed by atoms with E-state index in [9.17, 15) is 22.0 Å². The number of furan rings is 1. The molecule has 3 aromatic rings. The van der Waals surface area contributed by atoms with Crippen molar-refractivity contribution in [1.82, 2.24) is 10.3 Å². The molecule has 2 aromatic heterocycles. The van der Waals surface area contributed by atoms with Crippen LogP contribution in [0.1, 0.15) is 60.9 Å². The molecule has 0 saturated heterocycles. The van der Waals surface area contributed by atoms with Crippen molar-refractivity contribution in [1.29, 1.82) is 0 Å². The van der Waals surface area contributed by atoms with Crippen LogP contribution in [0.4, 0.5) is 14.7 Å². The monoisotopic (exact) mass is 539 g/mol. The Hall–Kier alpha value is -2.66. The van der Waals surface area contributed by atoms with Crippen LogP contribution >= 0.6 is 11.6 Å². The molecular formula is C24H24ClF2N3O5S. The highest BCUT2D eigenvalue weighted by Crippen LogP contribution is 2.62. The zero-order valence-electron chi connectivity index (χ0n) is 19.1. The van der Waals surface area contributed by atoms with E-state index >= 15 is 0 Å². The first-order valence-electron chi connectivity index (χ1n) is 11.8. The molecule has 12 heteroatoms. The van der Waals surface area contributed by atoms with Gasteiger partial charge in [0, 0.05) is 35.9 Å². The van der Waals surface area contributed by atoms with Crippen molar-refractivity contribution in [2.75, 3.05) is 10.5 Å². The van der Waals surface area contributed by atoms with E-state index in [1.165, 1.54) is 12.1 Å². The summed E-state index contributed by atoms with van der Waals surface area (Å²) in [6.07, 6.45) is 2.69. The van der Waals surface area contributed by atoms with Crippen LogP contribution in [0.25, 0.3) is 11.1 Å². The molecular weight excluding hydrogens is 516 g/mol. The lowest BCUT2D eigenvalue weighted by Gasteiger charge is -2.57. The molecule has 3 aliphatic rings. The van der Waals surface area contributed by atoms with E-state index in [1.54, 1.807) is 12.1 Å². The molecule has 192 valence electrons. The van der Waals surface area contributed by atoms with E-state index in [0.29, 0.717) is 5.02 Å². The van der Waals surface area contributed by atoms with E-state index in [4.69, 9.17) is 20.4 Å². The summed E-state index contributed by atoms with van der Waals surface area (Å²) in [6, 6.07) is 8.11. The summed E-state index contributed by atoms with van der Waals surface area (Å²) < 4.78 is 63.8. The number of nitrogens with zero attached hydrogens (tertiary/aromatic N) is 1. The van der Waals surface area contributed by atoms with Gasteiger partial charge in [0.2, 0.25) is 21.8 Å². The van der Waals surface area contributed by atoms with Gasteiger partial charge in [-0.2, -0.15) is 0 Å². The fourth-order valence-electron chi connectivity index (χ4n) is 5.85. The predicted molar refractivity (Wildman–Crippen MR) is 128 cm³/mol. The Balaban J connectivity index is 0.975. The third-order valence-electron chi connectivity index (χ3n) is 7.48. The molecule has 0 radical (unpaired) electrons. The van der Waals surface area contributed by atoms with Gasteiger partial charge < -0.3 is 14.2 Å². The van der Waals surface area contributed by atoms with Crippen LogP contribution in [0, 0.1) is 11.3 Å². The molecule has 1 amide bonds. The molecule has 3 fully saturated rings. The molecule has 0 aliphatic heterocycles. The van der Waals surface area contributed by atoms with Crippen molar-refractivity contribution in [3.05, 3.63) is 47.0 Å². The van der Waals surface area contributed by atoms with Gasteiger partial charge in [-0.3, -0.25) is 9.52 Å². The van der Waals surface area contributed by atoms with Crippen LogP contribution in [0.3, 0.4) is 0 Å². The molecule has 2 N–H and O–H groups in total. The van der Waals surface area contributed by atoms with Crippen LogP contribution in [0.5, 0.6) is 0 Å². The lowest BCUT2D eigenvalue weighted by atomic mass is 9.50. The van der Waals surface area contributed by atoms with Gasteiger partial charge in [-0.15, -0.1) is 0 Å². The number of fused-ring (bicyclic) bond motifs is 1. The molecule has 0 bridgehead atoms. The molecule has 0 unspecified atom stereocenters. The highest BCUT2D eigenvalue weighted by atomic mass is 35.5. The fourth-order valence-corrected chi connectivity index (χ4v) is 7.38. The van der Waals surface area contributed by atoms with Crippen molar-refractivity contribution in [3.8, 4) is 0 Å². The Bertz CT molecular complexity index is 1430. The van der Waals surface area contributed by atoms with Crippen molar-refractivity contribution < 1.29 is 30.8 Å². The Morgan fingerprint density at radius 2 is 1.83 bits per heavy atom. The van der Waals surface area contributed by atoms with E-state index in [-0.39, 0.29) is 29.0 Å². The van der Waals surface area contributed by atoms with Gasteiger partial charge in [-0.05, 0) is 61.3 Å². The van der Waals surface area contributed by atoms with Gasteiger partial charge >= 0.3 is 0 Å². The Labute approximate surface area is 210 Å². The van der Waals surface area contributed by atoms with Crippen LogP contribution in [-0.4, -0.2) is 37.0 Å². The topological polar surface area (TPSA) is 114 Å². The Morgan fingerprint density at radius 1 is 1.08 bits per heavy atom. The highest BCUT2D eigenvalue weighted by molar-refractivity contribution is 7.92. The maximum Gasteiger partial charge on any atom is 0.287 e. The van der Waals surface area contributed by atoms with Crippen molar-refractivity contribution in [3.63, 3.8) is 0 Å². The zero-order chi connectivity index (χ0) is 25.3. The minimum absolute atomic E-state index is 0.00594. The second-order valence-electron chi connectivity index (χ2n) is 10.5. The minimum Gasteiger partial charge on any atom is -0.440 e. The summed E-state index contributed by atoms with van der Waals surface area (Å²) in [6.45, 7) is 0. The predicted octanol–water partition coefficient (Wildman–Crippen LogP) is 5.32. The van der Waals surface area contributed by atoms with E-state index in [0.717, 1.165) is 42.7 Å². The molecule has 0 atom stereocenters. The fraction of sp³-hybridized carbons (Fsp3) is 0.500. The van der Waals surface area contributed by atoms with E-state index in [2.05, 4.69) is 15.0 Å². The summed E-state index contributed by atoms with van der Waals surface area (Å²) in [5, 5.41) is 3.54. The number of carbonyl (C=O) groups excluding carboxylic acids is 1. The maximum absolute atomic E-state index is 13.0. The largest absolute Gasteiger partial charge is 0.440 e. The molecule has 36 heavy (non-hydrogen) atoms. The number of anilines is 1. The molecule has 3 aliphatic carbocycles. The first kappa shape index (κ1) is 23.7. The van der Waals surface area contributed by atoms with Gasteiger partial charge in [-0.1, -0.05) is 11.6 Å². The summed E-state index contributed by atoms with van der Waals surface area (Å²) in [4.78, 5) is 17.1. The van der Waals surface area contributed by atoms with Gasteiger partial charge in [0.1, 0.15) is 5.52 Å². The standard InChI is InChI=1S/C24H24ClF2N3O5S/c25-15-1-2-18-17(5-15)29-22(35-18)14-8-23(9-14)10-16(11-23)28-21(31)19-3-4-20(34-19)30-36(32,33)12-13-6-24(26,27)7-13/h1-5,13-14,16,30H,6-12H2,(H,28,31). The number of hydrogen-bond acceptors (Lipinski definition) is 6. The van der Waals surface area contributed by atoms with E-state index in [1.807, 2.05) is 6.07 Å². The molecule has 8 nitrogen and oxygen atoms in total. The Kier molecular flexibility index (Phi) is 5.39. The second-order valence-corrected chi connectivity index (χ2v) is 12.7. The molecule has 1 aromatic carbocycles. The zero-order valence-corrected chi connectivity index (χ0v) is 20.7. The number of amides is 1. The quantitative estimate of drug-likeness (QED) is 0.420. The van der Waals surface area contributed by atoms with Crippen LogP contribution in [0.15, 0.2) is 39.2 Å². The van der Waals surface area contributed by atoms with Crippen LogP contribution in [-0.2, 0) is 10.0 Å². The lowest BCUT2D eigenvalue weighted by molar-refractivity contribution is -0.103. The number of alkyl halides is 2. The minimum atomic E-state index is -3.85. The smallest absolute Gasteiger partial charge is 0.287 e. The number of hydrogen-bond donors (Lipinski definition) is 2. The molecule has 6 rings (SSSR count). The number of oxazole rings is 1. The summed E-state index contributed by atoms with van der Waals surface area (Å²) in [7, 11) is -3.85. The number of aromatic nitrogens is 1. The van der Waals surface area contributed by atoms with Gasteiger partial charge in [-0.25, -0.2) is 22.2 Å². The SMILES string of the molecule is O=C(NC1CC2(C1)CC(c1nc3cc(Cl)ccc3o1)C2)c1ccc(NS(=O)(=O)CC2CC(F)(F)C2)o1. The number of sulfonamides is 1. The van der Waals surface area contributed by atoms with Crippen LogP contribution in [0.2, 0.25) is 5.02 Å². The third kappa shape index (κ3) is 4.58. The Morgan fingerprint density at radius 3 is 2.56 bits per heavy atom. The third-order valence-corrected chi connectivity index (χ3v) is 9.14.